The zero-order valence-corrected chi connectivity index (χ0v) is 9.63. The Bertz CT molecular complexity index is 380. The Labute approximate surface area is 94.8 Å². The minimum Gasteiger partial charge on any atom is -0.377 e. The normalized spacial score (nSPS) is 12.3. The molecule has 0 spiro atoms. The van der Waals surface area contributed by atoms with E-state index in [1.165, 1.54) is 10.6 Å². The second-order valence-corrected chi connectivity index (χ2v) is 4.47. The first-order valence-electron chi connectivity index (χ1n) is 5.25. The Morgan fingerprint density at radius 3 is 2.53 bits per heavy atom. The van der Waals surface area contributed by atoms with Gasteiger partial charge in [-0.25, -0.2) is 0 Å². The number of hydrogen-bond acceptors (Lipinski definition) is 2. The highest BCUT2D eigenvalue weighted by Crippen LogP contribution is 2.25. The van der Waals surface area contributed by atoms with Crippen molar-refractivity contribution < 1.29 is 0 Å². The van der Waals surface area contributed by atoms with Crippen LogP contribution < -0.4 is 5.32 Å². The third-order valence-corrected chi connectivity index (χ3v) is 3.40. The Balaban J connectivity index is 2.10. The molecule has 0 aliphatic rings. The van der Waals surface area contributed by atoms with Crippen molar-refractivity contribution >= 4 is 17.0 Å². The third-order valence-electron chi connectivity index (χ3n) is 2.41. The highest BCUT2D eigenvalue weighted by Gasteiger charge is 2.08. The molecule has 1 nitrogen and oxygen atoms in total. The van der Waals surface area contributed by atoms with E-state index in [0.717, 1.165) is 6.42 Å². The number of para-hydroxylation sites is 1. The van der Waals surface area contributed by atoms with Crippen molar-refractivity contribution in [3.05, 3.63) is 52.7 Å². The molecule has 15 heavy (non-hydrogen) atoms. The molecule has 0 aliphatic heterocycles. The van der Waals surface area contributed by atoms with E-state index in [0.29, 0.717) is 6.04 Å². The summed E-state index contributed by atoms with van der Waals surface area (Å²) in [4.78, 5) is 1.40. The molecule has 2 rings (SSSR count). The van der Waals surface area contributed by atoms with E-state index in [1.54, 1.807) is 0 Å². The van der Waals surface area contributed by atoms with E-state index < -0.39 is 0 Å². The van der Waals surface area contributed by atoms with Crippen molar-refractivity contribution in [1.29, 1.82) is 0 Å². The van der Waals surface area contributed by atoms with Crippen molar-refractivity contribution in [2.45, 2.75) is 19.4 Å². The molecule has 1 N–H and O–H groups in total. The van der Waals surface area contributed by atoms with Gasteiger partial charge in [0.15, 0.2) is 0 Å². The van der Waals surface area contributed by atoms with Gasteiger partial charge in [-0.15, -0.1) is 11.3 Å². The molecule has 1 heterocycles. The van der Waals surface area contributed by atoms with Gasteiger partial charge in [0.2, 0.25) is 0 Å². The molecule has 0 fully saturated rings. The van der Waals surface area contributed by atoms with Crippen LogP contribution in [0.1, 0.15) is 24.3 Å². The van der Waals surface area contributed by atoms with Crippen LogP contribution in [0.5, 0.6) is 0 Å². The second-order valence-electron chi connectivity index (χ2n) is 3.49. The fraction of sp³-hybridized carbons (Fsp3) is 0.231. The van der Waals surface area contributed by atoms with E-state index >= 15 is 0 Å². The molecular weight excluding hydrogens is 202 g/mol. The van der Waals surface area contributed by atoms with Crippen LogP contribution in [0, 0.1) is 0 Å². The van der Waals surface area contributed by atoms with Gasteiger partial charge in [-0.1, -0.05) is 31.2 Å². The van der Waals surface area contributed by atoms with Gasteiger partial charge in [0, 0.05) is 10.6 Å². The quantitative estimate of drug-likeness (QED) is 0.804. The minimum absolute atomic E-state index is 0.437. The summed E-state index contributed by atoms with van der Waals surface area (Å²) in [5, 5.41) is 5.67. The van der Waals surface area contributed by atoms with Crippen molar-refractivity contribution in [2.75, 3.05) is 5.32 Å². The first-order valence-corrected chi connectivity index (χ1v) is 6.13. The molecule has 0 radical (unpaired) electrons. The average molecular weight is 217 g/mol. The van der Waals surface area contributed by atoms with E-state index in [2.05, 4.69) is 54.0 Å². The van der Waals surface area contributed by atoms with Gasteiger partial charge in [0.1, 0.15) is 0 Å². The molecule has 1 aromatic carbocycles. The predicted octanol–water partition coefficient (Wildman–Crippen LogP) is 4.31. The van der Waals surface area contributed by atoms with Crippen LogP contribution >= 0.6 is 11.3 Å². The summed E-state index contributed by atoms with van der Waals surface area (Å²) >= 11 is 1.81. The maximum atomic E-state index is 3.54. The second kappa shape index (κ2) is 4.99. The largest absolute Gasteiger partial charge is 0.377 e. The number of benzene rings is 1. The Kier molecular flexibility index (Phi) is 3.41. The maximum absolute atomic E-state index is 3.54. The Morgan fingerprint density at radius 1 is 1.13 bits per heavy atom. The molecule has 0 saturated heterocycles. The SMILES string of the molecule is CCC(Nc1ccccc1)c1cccs1. The predicted molar refractivity (Wildman–Crippen MR) is 67.4 cm³/mol. The van der Waals surface area contributed by atoms with Crippen LogP contribution in [0.25, 0.3) is 0 Å². The molecule has 0 aliphatic carbocycles. The van der Waals surface area contributed by atoms with Crippen LogP contribution in [0.4, 0.5) is 5.69 Å². The summed E-state index contributed by atoms with van der Waals surface area (Å²) in [5.74, 6) is 0. The molecule has 0 bridgehead atoms. The highest BCUT2D eigenvalue weighted by atomic mass is 32.1. The number of thiophene rings is 1. The van der Waals surface area contributed by atoms with E-state index in [-0.39, 0.29) is 0 Å². The van der Waals surface area contributed by atoms with Crippen molar-refractivity contribution in [3.63, 3.8) is 0 Å². The number of anilines is 1. The average Bonchev–Trinajstić information content (AvgIpc) is 2.81. The number of nitrogens with one attached hydrogen (secondary N) is 1. The van der Waals surface area contributed by atoms with E-state index in [1.807, 2.05) is 17.4 Å². The summed E-state index contributed by atoms with van der Waals surface area (Å²) in [6.07, 6.45) is 1.11. The topological polar surface area (TPSA) is 12.0 Å². The fourth-order valence-corrected chi connectivity index (χ4v) is 2.46. The molecule has 2 aromatic rings. The first kappa shape index (κ1) is 10.2. The smallest absolute Gasteiger partial charge is 0.0603 e. The van der Waals surface area contributed by atoms with Crippen molar-refractivity contribution in [3.8, 4) is 0 Å². The number of rotatable bonds is 4. The minimum atomic E-state index is 0.437. The highest BCUT2D eigenvalue weighted by molar-refractivity contribution is 7.10. The van der Waals surface area contributed by atoms with Gasteiger partial charge in [0.25, 0.3) is 0 Å². The van der Waals surface area contributed by atoms with Crippen LogP contribution in [0.3, 0.4) is 0 Å². The van der Waals surface area contributed by atoms with Gasteiger partial charge < -0.3 is 5.32 Å². The summed E-state index contributed by atoms with van der Waals surface area (Å²) in [5.41, 5.74) is 1.19. The van der Waals surface area contributed by atoms with Crippen LogP contribution in [-0.4, -0.2) is 0 Å². The Hall–Kier alpha value is -1.28. The van der Waals surface area contributed by atoms with Crippen molar-refractivity contribution in [2.24, 2.45) is 0 Å². The van der Waals surface area contributed by atoms with Gasteiger partial charge in [-0.3, -0.25) is 0 Å². The van der Waals surface area contributed by atoms with Crippen LogP contribution in [0.2, 0.25) is 0 Å². The first-order chi connectivity index (χ1) is 7.40. The molecule has 1 aromatic heterocycles. The zero-order valence-electron chi connectivity index (χ0n) is 8.81. The molecule has 0 amide bonds. The summed E-state index contributed by atoms with van der Waals surface area (Å²) < 4.78 is 0. The zero-order chi connectivity index (χ0) is 10.5. The lowest BCUT2D eigenvalue weighted by Gasteiger charge is -2.16. The molecule has 2 heteroatoms. The van der Waals surface area contributed by atoms with E-state index in [9.17, 15) is 0 Å². The maximum Gasteiger partial charge on any atom is 0.0603 e. The van der Waals surface area contributed by atoms with Gasteiger partial charge in [-0.2, -0.15) is 0 Å². The van der Waals surface area contributed by atoms with Gasteiger partial charge >= 0.3 is 0 Å². The molecule has 1 atom stereocenters. The molecular formula is C13H15NS. The monoisotopic (exact) mass is 217 g/mol. The lowest BCUT2D eigenvalue weighted by Crippen LogP contribution is -2.07. The molecule has 0 saturated carbocycles. The Morgan fingerprint density at radius 2 is 1.93 bits per heavy atom. The number of hydrogen-bond donors (Lipinski definition) is 1. The van der Waals surface area contributed by atoms with Gasteiger partial charge in [0.05, 0.1) is 6.04 Å². The van der Waals surface area contributed by atoms with Crippen molar-refractivity contribution in [1.82, 2.24) is 0 Å². The van der Waals surface area contributed by atoms with Crippen LogP contribution in [-0.2, 0) is 0 Å². The van der Waals surface area contributed by atoms with E-state index in [4.69, 9.17) is 0 Å². The third kappa shape index (κ3) is 2.60. The summed E-state index contributed by atoms with van der Waals surface area (Å²) in [7, 11) is 0. The lowest BCUT2D eigenvalue weighted by molar-refractivity contribution is 0.764. The summed E-state index contributed by atoms with van der Waals surface area (Å²) in [6, 6.07) is 15.1. The summed E-state index contributed by atoms with van der Waals surface area (Å²) in [6.45, 7) is 2.21. The lowest BCUT2D eigenvalue weighted by atomic mass is 10.1. The molecule has 78 valence electrons. The van der Waals surface area contributed by atoms with Gasteiger partial charge in [-0.05, 0) is 30.0 Å². The molecule has 1 unspecified atom stereocenters. The fourth-order valence-electron chi connectivity index (χ4n) is 1.60. The standard InChI is InChI=1S/C13H15NS/c1-2-12(13-9-6-10-15-13)14-11-7-4-3-5-8-11/h3-10,12,14H,2H2,1H3. The van der Waals surface area contributed by atoms with Crippen LogP contribution in [0.15, 0.2) is 47.8 Å².